The van der Waals surface area contributed by atoms with E-state index in [1.54, 1.807) is 28.8 Å². The van der Waals surface area contributed by atoms with E-state index in [0.29, 0.717) is 19.5 Å². The lowest BCUT2D eigenvalue weighted by Crippen LogP contribution is -2.69. The van der Waals surface area contributed by atoms with E-state index in [2.05, 4.69) is 37.0 Å². The molecule has 2 atom stereocenters. The van der Waals surface area contributed by atoms with Crippen molar-refractivity contribution in [2.45, 2.75) is 25.0 Å². The summed E-state index contributed by atoms with van der Waals surface area (Å²) in [7, 11) is 0. The number of rotatable bonds is 4. The van der Waals surface area contributed by atoms with E-state index in [1.165, 1.54) is 5.56 Å². The van der Waals surface area contributed by atoms with Gasteiger partial charge in [0.05, 0.1) is 6.33 Å². The minimum Gasteiger partial charge on any atom is -0.348 e. The summed E-state index contributed by atoms with van der Waals surface area (Å²) in [5.74, 6) is -0.0569. The zero-order chi connectivity index (χ0) is 16.5. The Balaban J connectivity index is 1.43. The monoisotopic (exact) mass is 345 g/mol. The second-order valence-corrected chi connectivity index (χ2v) is 7.04. The second kappa shape index (κ2) is 6.37. The number of thiophene rings is 1. The SMILES string of the molecule is O=C1N[C@@H](Cc2cnc[nH]2)C(=O)N2CCN(Cc3ccsc3)C[C@H]12. The molecule has 2 fully saturated rings. The maximum Gasteiger partial charge on any atom is 0.246 e. The molecule has 8 heteroatoms. The molecule has 2 aromatic heterocycles. The summed E-state index contributed by atoms with van der Waals surface area (Å²) >= 11 is 1.68. The van der Waals surface area contributed by atoms with Crippen LogP contribution >= 0.6 is 11.3 Å². The van der Waals surface area contributed by atoms with Gasteiger partial charge in [0.1, 0.15) is 12.1 Å². The van der Waals surface area contributed by atoms with Crippen LogP contribution in [0.5, 0.6) is 0 Å². The highest BCUT2D eigenvalue weighted by atomic mass is 32.1. The van der Waals surface area contributed by atoms with Gasteiger partial charge in [-0.1, -0.05) is 0 Å². The van der Waals surface area contributed by atoms with E-state index in [1.807, 2.05) is 0 Å². The first-order chi connectivity index (χ1) is 11.7. The fourth-order valence-corrected chi connectivity index (χ4v) is 4.06. The molecule has 2 aliphatic heterocycles. The molecular formula is C16H19N5O2S. The van der Waals surface area contributed by atoms with Gasteiger partial charge >= 0.3 is 0 Å². The summed E-state index contributed by atoms with van der Waals surface area (Å²) in [5.41, 5.74) is 2.11. The van der Waals surface area contributed by atoms with Gasteiger partial charge < -0.3 is 15.2 Å². The third-order valence-corrected chi connectivity index (χ3v) is 5.36. The van der Waals surface area contributed by atoms with Gasteiger partial charge in [-0.15, -0.1) is 0 Å². The minimum absolute atomic E-state index is 0.00406. The quantitative estimate of drug-likeness (QED) is 0.831. The second-order valence-electron chi connectivity index (χ2n) is 6.26. The van der Waals surface area contributed by atoms with Crippen molar-refractivity contribution < 1.29 is 9.59 Å². The zero-order valence-electron chi connectivity index (χ0n) is 13.1. The fraction of sp³-hybridized carbons (Fsp3) is 0.438. The number of H-pyrrole nitrogens is 1. The minimum atomic E-state index is -0.502. The zero-order valence-corrected chi connectivity index (χ0v) is 14.0. The third kappa shape index (κ3) is 2.94. The average molecular weight is 345 g/mol. The lowest BCUT2D eigenvalue weighted by atomic mass is 10.0. The molecule has 4 rings (SSSR count). The van der Waals surface area contributed by atoms with Crippen LogP contribution in [0.2, 0.25) is 0 Å². The molecule has 0 bridgehead atoms. The molecule has 0 radical (unpaired) electrons. The number of aromatic amines is 1. The van der Waals surface area contributed by atoms with Crippen LogP contribution in [-0.4, -0.2) is 63.3 Å². The average Bonchev–Trinajstić information content (AvgIpc) is 3.26. The molecule has 0 aromatic carbocycles. The van der Waals surface area contributed by atoms with Gasteiger partial charge in [-0.05, 0) is 22.4 Å². The lowest BCUT2D eigenvalue weighted by Gasteiger charge is -2.45. The molecule has 126 valence electrons. The Hall–Kier alpha value is -2.19. The molecule has 0 aliphatic carbocycles. The van der Waals surface area contributed by atoms with Gasteiger partial charge in [-0.25, -0.2) is 4.98 Å². The van der Waals surface area contributed by atoms with Crippen molar-refractivity contribution in [3.8, 4) is 0 Å². The first kappa shape index (κ1) is 15.3. The smallest absolute Gasteiger partial charge is 0.246 e. The van der Waals surface area contributed by atoms with Crippen molar-refractivity contribution in [3.05, 3.63) is 40.6 Å². The van der Waals surface area contributed by atoms with E-state index in [4.69, 9.17) is 0 Å². The van der Waals surface area contributed by atoms with Gasteiger partial charge in [-0.2, -0.15) is 11.3 Å². The number of fused-ring (bicyclic) bond motifs is 1. The van der Waals surface area contributed by atoms with E-state index in [9.17, 15) is 9.59 Å². The summed E-state index contributed by atoms with van der Waals surface area (Å²) in [6.45, 7) is 2.81. The highest BCUT2D eigenvalue weighted by Crippen LogP contribution is 2.20. The van der Waals surface area contributed by atoms with Gasteiger partial charge in [0.25, 0.3) is 0 Å². The predicted molar refractivity (Wildman–Crippen MR) is 89.3 cm³/mol. The van der Waals surface area contributed by atoms with Crippen LogP contribution < -0.4 is 5.32 Å². The van der Waals surface area contributed by atoms with Gasteiger partial charge in [0.15, 0.2) is 0 Å². The van der Waals surface area contributed by atoms with Crippen LogP contribution in [0.25, 0.3) is 0 Å². The molecule has 4 heterocycles. The molecular weight excluding hydrogens is 326 g/mol. The topological polar surface area (TPSA) is 81.3 Å². The summed E-state index contributed by atoms with van der Waals surface area (Å²) < 4.78 is 0. The van der Waals surface area contributed by atoms with E-state index >= 15 is 0 Å². The van der Waals surface area contributed by atoms with E-state index in [0.717, 1.165) is 18.8 Å². The first-order valence-corrected chi connectivity index (χ1v) is 8.96. The Labute approximate surface area is 143 Å². The third-order valence-electron chi connectivity index (χ3n) is 4.63. The van der Waals surface area contributed by atoms with E-state index in [-0.39, 0.29) is 17.9 Å². The Bertz CT molecular complexity index is 715. The largest absolute Gasteiger partial charge is 0.348 e. The summed E-state index contributed by atoms with van der Waals surface area (Å²) in [6.07, 6.45) is 3.72. The highest BCUT2D eigenvalue weighted by Gasteiger charge is 2.43. The van der Waals surface area contributed by atoms with E-state index < -0.39 is 6.04 Å². The van der Waals surface area contributed by atoms with Crippen molar-refractivity contribution >= 4 is 23.2 Å². The molecule has 2 N–H and O–H groups in total. The van der Waals surface area contributed by atoms with Crippen LogP contribution in [0.4, 0.5) is 0 Å². The predicted octanol–water partition coefficient (Wildman–Crippen LogP) is 0.225. The molecule has 2 aliphatic rings. The van der Waals surface area contributed by atoms with Crippen molar-refractivity contribution in [3.63, 3.8) is 0 Å². The van der Waals surface area contributed by atoms with Gasteiger partial charge in [0, 0.05) is 44.5 Å². The maximum absolute atomic E-state index is 12.7. The number of amides is 2. The standard InChI is InChI=1S/C16H19N5O2S/c22-15-14-8-20(7-11-1-4-24-9-11)2-3-21(14)16(23)13(19-15)5-12-6-17-10-18-12/h1,4,6,9-10,13-14H,2-3,5,7-8H2,(H,17,18)(H,19,22)/t13-,14+/m0/s1. The molecule has 2 amide bonds. The molecule has 2 aromatic rings. The molecule has 24 heavy (non-hydrogen) atoms. The summed E-state index contributed by atoms with van der Waals surface area (Å²) in [5, 5.41) is 7.06. The normalized spacial score (nSPS) is 24.8. The number of hydrogen-bond donors (Lipinski definition) is 2. The first-order valence-electron chi connectivity index (χ1n) is 8.02. The van der Waals surface area contributed by atoms with Crippen LogP contribution in [0.15, 0.2) is 29.4 Å². The lowest BCUT2D eigenvalue weighted by molar-refractivity contribution is -0.153. The fourth-order valence-electron chi connectivity index (χ4n) is 3.40. The van der Waals surface area contributed by atoms with Gasteiger partial charge in [0.2, 0.25) is 11.8 Å². The van der Waals surface area contributed by atoms with Crippen molar-refractivity contribution in [2.75, 3.05) is 19.6 Å². The van der Waals surface area contributed by atoms with Crippen molar-refractivity contribution in [2.24, 2.45) is 0 Å². The number of nitrogens with zero attached hydrogens (tertiary/aromatic N) is 3. The molecule has 7 nitrogen and oxygen atoms in total. The summed E-state index contributed by atoms with van der Waals surface area (Å²) in [4.78, 5) is 36.1. The molecule has 0 spiro atoms. The van der Waals surface area contributed by atoms with Crippen LogP contribution in [0.3, 0.4) is 0 Å². The maximum atomic E-state index is 12.7. The number of imidazole rings is 1. The number of aromatic nitrogens is 2. The number of hydrogen-bond acceptors (Lipinski definition) is 5. The van der Waals surface area contributed by atoms with Gasteiger partial charge in [-0.3, -0.25) is 14.5 Å². The highest BCUT2D eigenvalue weighted by molar-refractivity contribution is 7.07. The van der Waals surface area contributed by atoms with Crippen LogP contribution in [0.1, 0.15) is 11.3 Å². The van der Waals surface area contributed by atoms with Crippen LogP contribution in [0, 0.1) is 0 Å². The molecule has 2 saturated heterocycles. The number of nitrogens with one attached hydrogen (secondary N) is 2. The Morgan fingerprint density at radius 3 is 3.00 bits per heavy atom. The number of carbonyl (C=O) groups is 2. The van der Waals surface area contributed by atoms with Crippen molar-refractivity contribution in [1.29, 1.82) is 0 Å². The number of piperazine rings is 2. The Morgan fingerprint density at radius 2 is 2.25 bits per heavy atom. The summed E-state index contributed by atoms with van der Waals surface area (Å²) in [6, 6.07) is 1.21. The Kier molecular flexibility index (Phi) is 4.07. The molecule has 0 unspecified atom stereocenters. The van der Waals surface area contributed by atoms with Crippen molar-refractivity contribution in [1.82, 2.24) is 25.1 Å². The molecule has 0 saturated carbocycles. The van der Waals surface area contributed by atoms with Crippen LogP contribution in [-0.2, 0) is 22.6 Å². The Morgan fingerprint density at radius 1 is 1.33 bits per heavy atom. The number of carbonyl (C=O) groups excluding carboxylic acids is 2.